The predicted molar refractivity (Wildman–Crippen MR) is 61.4 cm³/mol. The average Bonchev–Trinajstić information content (AvgIpc) is 2.86. The molecule has 0 saturated heterocycles. The number of aliphatic hydroxyl groups is 1. The van der Waals surface area contributed by atoms with E-state index < -0.39 is 0 Å². The Morgan fingerprint density at radius 3 is 3.00 bits per heavy atom. The number of aromatic nitrogens is 4. The first-order chi connectivity index (χ1) is 7.79. The largest absolute Gasteiger partial charge is 0.396 e. The number of hydrogen-bond acceptors (Lipinski definition) is 5. The molecule has 86 valence electrons. The number of nitrogens with zero attached hydrogens (tertiary/aromatic N) is 4. The highest BCUT2D eigenvalue weighted by Crippen LogP contribution is 2.13. The van der Waals surface area contributed by atoms with Gasteiger partial charge >= 0.3 is 0 Å². The summed E-state index contributed by atoms with van der Waals surface area (Å²) in [5.74, 6) is 0. The molecule has 0 aliphatic rings. The minimum absolute atomic E-state index is 0.118. The van der Waals surface area contributed by atoms with Gasteiger partial charge in [-0.05, 0) is 6.92 Å². The van der Waals surface area contributed by atoms with Crippen LogP contribution >= 0.6 is 11.3 Å². The summed E-state index contributed by atoms with van der Waals surface area (Å²) in [6, 6.07) is 0. The molecule has 0 aliphatic carbocycles. The van der Waals surface area contributed by atoms with Crippen molar-refractivity contribution in [1.82, 2.24) is 20.0 Å². The average molecular weight is 238 g/mol. The summed E-state index contributed by atoms with van der Waals surface area (Å²) >= 11 is 1.67. The van der Waals surface area contributed by atoms with Gasteiger partial charge in [0.15, 0.2) is 0 Å². The maximum Gasteiger partial charge on any atom is 0.0849 e. The second-order valence-electron chi connectivity index (χ2n) is 3.56. The normalized spacial score (nSPS) is 10.9. The molecule has 6 heteroatoms. The fraction of sp³-hybridized carbons (Fsp3) is 0.500. The zero-order valence-electron chi connectivity index (χ0n) is 9.13. The molecule has 0 aliphatic heterocycles. The van der Waals surface area contributed by atoms with E-state index in [0.29, 0.717) is 6.42 Å². The van der Waals surface area contributed by atoms with Crippen LogP contribution in [-0.2, 0) is 19.4 Å². The molecule has 1 N–H and O–H groups in total. The van der Waals surface area contributed by atoms with Crippen molar-refractivity contribution in [3.05, 3.63) is 28.0 Å². The van der Waals surface area contributed by atoms with Gasteiger partial charge in [-0.2, -0.15) is 0 Å². The summed E-state index contributed by atoms with van der Waals surface area (Å²) in [6.07, 6.45) is 3.38. The molecule has 2 heterocycles. The Labute approximate surface area is 97.8 Å². The molecule has 0 spiro atoms. The van der Waals surface area contributed by atoms with Crippen LogP contribution in [0.2, 0.25) is 0 Å². The standard InChI is InChI=1S/C10H14N4OS/c1-8-10(16-7-11-8)2-4-14-6-9(3-5-15)12-13-14/h6-7,15H,2-5H2,1H3. The van der Waals surface area contributed by atoms with E-state index in [-0.39, 0.29) is 6.61 Å². The molecule has 0 amide bonds. The van der Waals surface area contributed by atoms with Gasteiger partial charge in [-0.1, -0.05) is 5.21 Å². The van der Waals surface area contributed by atoms with E-state index in [1.807, 2.05) is 23.3 Å². The lowest BCUT2D eigenvalue weighted by Crippen LogP contribution is -2.01. The molecule has 0 atom stereocenters. The molecule has 0 aromatic carbocycles. The van der Waals surface area contributed by atoms with Crippen molar-refractivity contribution < 1.29 is 5.11 Å². The number of thiazole rings is 1. The van der Waals surface area contributed by atoms with Crippen LogP contribution in [0.15, 0.2) is 11.7 Å². The van der Waals surface area contributed by atoms with Gasteiger partial charge in [0.2, 0.25) is 0 Å². The Morgan fingerprint density at radius 2 is 2.31 bits per heavy atom. The summed E-state index contributed by atoms with van der Waals surface area (Å²) < 4.78 is 1.81. The Hall–Kier alpha value is -1.27. The molecular weight excluding hydrogens is 224 g/mol. The van der Waals surface area contributed by atoms with Crippen LogP contribution in [0.25, 0.3) is 0 Å². The maximum atomic E-state index is 8.76. The van der Waals surface area contributed by atoms with Crippen molar-refractivity contribution in [1.29, 1.82) is 0 Å². The zero-order chi connectivity index (χ0) is 11.4. The Balaban J connectivity index is 1.92. The lowest BCUT2D eigenvalue weighted by Gasteiger charge is -1.98. The topological polar surface area (TPSA) is 63.8 Å². The monoisotopic (exact) mass is 238 g/mol. The Kier molecular flexibility index (Phi) is 3.63. The minimum Gasteiger partial charge on any atom is -0.396 e. The van der Waals surface area contributed by atoms with Crippen LogP contribution in [0.3, 0.4) is 0 Å². The van der Waals surface area contributed by atoms with Crippen LogP contribution in [-0.4, -0.2) is 31.7 Å². The van der Waals surface area contributed by atoms with Gasteiger partial charge in [-0.3, -0.25) is 4.68 Å². The molecule has 0 unspecified atom stereocenters. The van der Waals surface area contributed by atoms with E-state index in [9.17, 15) is 0 Å². The first-order valence-corrected chi connectivity index (χ1v) is 6.06. The van der Waals surface area contributed by atoms with Gasteiger partial charge in [0.05, 0.1) is 16.9 Å². The van der Waals surface area contributed by atoms with Crippen LogP contribution in [0, 0.1) is 6.92 Å². The zero-order valence-corrected chi connectivity index (χ0v) is 9.94. The molecule has 2 aromatic rings. The van der Waals surface area contributed by atoms with E-state index in [4.69, 9.17) is 5.11 Å². The molecule has 0 fully saturated rings. The van der Waals surface area contributed by atoms with E-state index >= 15 is 0 Å². The molecule has 2 aromatic heterocycles. The summed E-state index contributed by atoms with van der Waals surface area (Å²) in [5.41, 5.74) is 3.80. The minimum atomic E-state index is 0.118. The fourth-order valence-electron chi connectivity index (χ4n) is 1.46. The molecular formula is C10H14N4OS. The third-order valence-electron chi connectivity index (χ3n) is 2.37. The van der Waals surface area contributed by atoms with Crippen molar-refractivity contribution in [2.24, 2.45) is 0 Å². The highest BCUT2D eigenvalue weighted by molar-refractivity contribution is 7.09. The lowest BCUT2D eigenvalue weighted by atomic mass is 10.3. The summed E-state index contributed by atoms with van der Waals surface area (Å²) in [4.78, 5) is 5.49. The van der Waals surface area contributed by atoms with Crippen molar-refractivity contribution in [3.63, 3.8) is 0 Å². The van der Waals surface area contributed by atoms with Gasteiger partial charge in [-0.25, -0.2) is 4.98 Å². The SMILES string of the molecule is Cc1ncsc1CCn1cc(CCO)nn1. The first kappa shape index (κ1) is 11.2. The Morgan fingerprint density at radius 1 is 1.44 bits per heavy atom. The van der Waals surface area contributed by atoms with Gasteiger partial charge in [0.1, 0.15) is 0 Å². The van der Waals surface area contributed by atoms with Gasteiger partial charge in [-0.15, -0.1) is 16.4 Å². The van der Waals surface area contributed by atoms with Crippen molar-refractivity contribution in [2.75, 3.05) is 6.61 Å². The highest BCUT2D eigenvalue weighted by atomic mass is 32.1. The Bertz CT molecular complexity index is 451. The lowest BCUT2D eigenvalue weighted by molar-refractivity contribution is 0.298. The van der Waals surface area contributed by atoms with Crippen LogP contribution in [0.4, 0.5) is 0 Å². The molecule has 2 rings (SSSR count). The first-order valence-electron chi connectivity index (χ1n) is 5.18. The molecule has 0 saturated carbocycles. The van der Waals surface area contributed by atoms with Crippen molar-refractivity contribution in [3.8, 4) is 0 Å². The highest BCUT2D eigenvalue weighted by Gasteiger charge is 2.03. The smallest absolute Gasteiger partial charge is 0.0849 e. The van der Waals surface area contributed by atoms with Crippen LogP contribution < -0.4 is 0 Å². The third kappa shape index (κ3) is 2.65. The van der Waals surface area contributed by atoms with Gasteiger partial charge in [0, 0.05) is 37.1 Å². The van der Waals surface area contributed by atoms with E-state index in [0.717, 1.165) is 24.4 Å². The van der Waals surface area contributed by atoms with E-state index in [1.54, 1.807) is 11.3 Å². The summed E-state index contributed by atoms with van der Waals surface area (Å²) in [5, 5.41) is 16.7. The molecule has 0 radical (unpaired) electrons. The molecule has 16 heavy (non-hydrogen) atoms. The summed E-state index contributed by atoms with van der Waals surface area (Å²) in [6.45, 7) is 2.94. The second-order valence-corrected chi connectivity index (χ2v) is 4.50. The van der Waals surface area contributed by atoms with Gasteiger partial charge in [0.25, 0.3) is 0 Å². The van der Waals surface area contributed by atoms with E-state index in [1.165, 1.54) is 4.88 Å². The quantitative estimate of drug-likeness (QED) is 0.837. The number of hydrogen-bond donors (Lipinski definition) is 1. The van der Waals surface area contributed by atoms with Crippen molar-refractivity contribution >= 4 is 11.3 Å². The maximum absolute atomic E-state index is 8.76. The number of aryl methyl sites for hydroxylation is 3. The number of aliphatic hydroxyl groups excluding tert-OH is 1. The van der Waals surface area contributed by atoms with Crippen LogP contribution in [0.5, 0.6) is 0 Å². The fourth-order valence-corrected chi connectivity index (χ4v) is 2.23. The predicted octanol–water partition coefficient (Wildman–Crippen LogP) is 0.821. The van der Waals surface area contributed by atoms with Crippen LogP contribution in [0.1, 0.15) is 16.3 Å². The number of rotatable bonds is 5. The van der Waals surface area contributed by atoms with Gasteiger partial charge < -0.3 is 5.11 Å². The third-order valence-corrected chi connectivity index (χ3v) is 3.36. The van der Waals surface area contributed by atoms with E-state index in [2.05, 4.69) is 15.3 Å². The molecule has 0 bridgehead atoms. The molecule has 5 nitrogen and oxygen atoms in total. The second kappa shape index (κ2) is 5.18. The summed E-state index contributed by atoms with van der Waals surface area (Å²) in [7, 11) is 0. The van der Waals surface area contributed by atoms with Crippen molar-refractivity contribution in [2.45, 2.75) is 26.3 Å².